The van der Waals surface area contributed by atoms with E-state index >= 15 is 0 Å². The standard InChI is InChI=1S/C13H16IN3/c1-2-7-15-9-12-8-13(17-16-12)10-3-5-11(14)6-4-10/h3-6,8,15H,2,7,9H2,1H3,(H,16,17). The molecule has 0 saturated carbocycles. The Hall–Kier alpha value is -0.880. The zero-order valence-corrected chi connectivity index (χ0v) is 12.0. The summed E-state index contributed by atoms with van der Waals surface area (Å²) in [6.45, 7) is 4.06. The maximum atomic E-state index is 4.33. The first-order chi connectivity index (χ1) is 8.29. The lowest BCUT2D eigenvalue weighted by Crippen LogP contribution is -2.13. The molecule has 0 aliphatic heterocycles. The van der Waals surface area contributed by atoms with Gasteiger partial charge in [-0.1, -0.05) is 19.1 Å². The number of rotatable bonds is 5. The summed E-state index contributed by atoms with van der Waals surface area (Å²) >= 11 is 2.31. The molecular weight excluding hydrogens is 325 g/mol. The van der Waals surface area contributed by atoms with E-state index in [1.165, 1.54) is 3.57 Å². The van der Waals surface area contributed by atoms with E-state index in [0.29, 0.717) is 0 Å². The van der Waals surface area contributed by atoms with Crippen LogP contribution in [0.4, 0.5) is 0 Å². The van der Waals surface area contributed by atoms with Gasteiger partial charge in [-0.05, 0) is 53.8 Å². The first kappa shape index (κ1) is 12.6. The third-order valence-electron chi connectivity index (χ3n) is 2.51. The summed E-state index contributed by atoms with van der Waals surface area (Å²) in [6, 6.07) is 10.5. The van der Waals surface area contributed by atoms with Crippen LogP contribution in [0, 0.1) is 3.57 Å². The van der Waals surface area contributed by atoms with Crippen LogP contribution in [0.25, 0.3) is 11.3 Å². The summed E-state index contributed by atoms with van der Waals surface area (Å²) in [5.74, 6) is 0. The van der Waals surface area contributed by atoms with Crippen LogP contribution >= 0.6 is 22.6 Å². The molecule has 0 bridgehead atoms. The highest BCUT2D eigenvalue weighted by atomic mass is 127. The maximum Gasteiger partial charge on any atom is 0.0924 e. The number of aromatic amines is 1. The predicted molar refractivity (Wildman–Crippen MR) is 78.7 cm³/mol. The number of aromatic nitrogens is 2. The molecule has 4 heteroatoms. The van der Waals surface area contributed by atoms with E-state index in [1.807, 2.05) is 0 Å². The van der Waals surface area contributed by atoms with Gasteiger partial charge in [-0.25, -0.2) is 0 Å². The Balaban J connectivity index is 2.04. The Labute approximate surface area is 115 Å². The molecule has 1 aromatic carbocycles. The number of nitrogens with zero attached hydrogens (tertiary/aromatic N) is 1. The molecule has 2 N–H and O–H groups in total. The SMILES string of the molecule is CCCNCc1cc(-c2ccc(I)cc2)n[nH]1. The quantitative estimate of drug-likeness (QED) is 0.648. The average Bonchev–Trinajstić information content (AvgIpc) is 2.79. The highest BCUT2D eigenvalue weighted by Crippen LogP contribution is 2.18. The van der Waals surface area contributed by atoms with E-state index in [-0.39, 0.29) is 0 Å². The summed E-state index contributed by atoms with van der Waals surface area (Å²) in [6.07, 6.45) is 1.15. The molecule has 17 heavy (non-hydrogen) atoms. The highest BCUT2D eigenvalue weighted by molar-refractivity contribution is 14.1. The van der Waals surface area contributed by atoms with Gasteiger partial charge in [-0.15, -0.1) is 0 Å². The molecule has 0 fully saturated rings. The van der Waals surface area contributed by atoms with Crippen molar-refractivity contribution in [3.8, 4) is 11.3 Å². The van der Waals surface area contributed by atoms with Crippen molar-refractivity contribution in [2.75, 3.05) is 6.54 Å². The van der Waals surface area contributed by atoms with Gasteiger partial charge in [0.2, 0.25) is 0 Å². The van der Waals surface area contributed by atoms with Gasteiger partial charge in [0.05, 0.1) is 5.69 Å². The first-order valence-electron chi connectivity index (χ1n) is 5.80. The Morgan fingerprint density at radius 3 is 2.76 bits per heavy atom. The Kier molecular flexibility index (Phi) is 4.56. The lowest BCUT2D eigenvalue weighted by atomic mass is 10.1. The minimum Gasteiger partial charge on any atom is -0.311 e. The molecule has 0 radical (unpaired) electrons. The lowest BCUT2D eigenvalue weighted by molar-refractivity contribution is 0.662. The van der Waals surface area contributed by atoms with Crippen molar-refractivity contribution in [3.05, 3.63) is 39.6 Å². The maximum absolute atomic E-state index is 4.33. The zero-order valence-electron chi connectivity index (χ0n) is 9.83. The summed E-state index contributed by atoms with van der Waals surface area (Å²) in [5.41, 5.74) is 3.30. The van der Waals surface area contributed by atoms with Gasteiger partial charge in [-0.3, -0.25) is 5.10 Å². The van der Waals surface area contributed by atoms with E-state index in [1.54, 1.807) is 0 Å². The van der Waals surface area contributed by atoms with Gasteiger partial charge < -0.3 is 5.32 Å². The number of halogens is 1. The van der Waals surface area contributed by atoms with Crippen LogP contribution in [0.5, 0.6) is 0 Å². The molecule has 0 spiro atoms. The summed E-state index contributed by atoms with van der Waals surface area (Å²) in [5, 5.41) is 10.7. The third kappa shape index (κ3) is 3.54. The lowest BCUT2D eigenvalue weighted by Gasteiger charge is -1.98. The van der Waals surface area contributed by atoms with Crippen LogP contribution < -0.4 is 5.32 Å². The Bertz CT molecular complexity index is 462. The van der Waals surface area contributed by atoms with Gasteiger partial charge in [0.15, 0.2) is 0 Å². The minimum absolute atomic E-state index is 0.852. The van der Waals surface area contributed by atoms with Crippen molar-refractivity contribution < 1.29 is 0 Å². The van der Waals surface area contributed by atoms with E-state index in [9.17, 15) is 0 Å². The van der Waals surface area contributed by atoms with Crippen molar-refractivity contribution in [2.24, 2.45) is 0 Å². The third-order valence-corrected chi connectivity index (χ3v) is 3.23. The smallest absolute Gasteiger partial charge is 0.0924 e. The zero-order chi connectivity index (χ0) is 12.1. The van der Waals surface area contributed by atoms with Crippen LogP contribution in [0.1, 0.15) is 19.0 Å². The summed E-state index contributed by atoms with van der Waals surface area (Å²) in [4.78, 5) is 0. The minimum atomic E-state index is 0.852. The molecule has 0 aliphatic carbocycles. The van der Waals surface area contributed by atoms with Crippen molar-refractivity contribution in [1.29, 1.82) is 0 Å². The van der Waals surface area contributed by atoms with Gasteiger partial charge >= 0.3 is 0 Å². The van der Waals surface area contributed by atoms with Crippen molar-refractivity contribution in [1.82, 2.24) is 15.5 Å². The van der Waals surface area contributed by atoms with E-state index in [0.717, 1.165) is 36.5 Å². The Morgan fingerprint density at radius 2 is 2.06 bits per heavy atom. The molecule has 2 aromatic rings. The van der Waals surface area contributed by atoms with Gasteiger partial charge in [0.1, 0.15) is 0 Å². The largest absolute Gasteiger partial charge is 0.311 e. The second-order valence-electron chi connectivity index (χ2n) is 3.96. The van der Waals surface area contributed by atoms with Crippen LogP contribution in [-0.4, -0.2) is 16.7 Å². The average molecular weight is 341 g/mol. The molecule has 0 aliphatic rings. The summed E-state index contributed by atoms with van der Waals surface area (Å²) < 4.78 is 1.24. The molecule has 0 unspecified atom stereocenters. The van der Waals surface area contributed by atoms with Crippen molar-refractivity contribution >= 4 is 22.6 Å². The molecule has 1 aromatic heterocycles. The monoisotopic (exact) mass is 341 g/mol. The highest BCUT2D eigenvalue weighted by Gasteiger charge is 2.03. The molecule has 3 nitrogen and oxygen atoms in total. The van der Waals surface area contributed by atoms with Crippen LogP contribution in [0.15, 0.2) is 30.3 Å². The second-order valence-corrected chi connectivity index (χ2v) is 5.21. The van der Waals surface area contributed by atoms with Crippen LogP contribution in [0.2, 0.25) is 0 Å². The number of H-pyrrole nitrogens is 1. The van der Waals surface area contributed by atoms with Gasteiger partial charge in [0, 0.05) is 21.4 Å². The molecule has 0 saturated heterocycles. The number of hydrogen-bond donors (Lipinski definition) is 2. The predicted octanol–water partition coefficient (Wildman–Crippen LogP) is 3.18. The van der Waals surface area contributed by atoms with Crippen molar-refractivity contribution in [2.45, 2.75) is 19.9 Å². The normalized spacial score (nSPS) is 10.7. The number of hydrogen-bond acceptors (Lipinski definition) is 2. The van der Waals surface area contributed by atoms with E-state index in [2.05, 4.69) is 75.4 Å². The fourth-order valence-electron chi connectivity index (χ4n) is 1.62. The van der Waals surface area contributed by atoms with Gasteiger partial charge in [0.25, 0.3) is 0 Å². The van der Waals surface area contributed by atoms with E-state index in [4.69, 9.17) is 0 Å². The fraction of sp³-hybridized carbons (Fsp3) is 0.308. The molecule has 2 rings (SSSR count). The van der Waals surface area contributed by atoms with Crippen LogP contribution in [-0.2, 0) is 6.54 Å². The first-order valence-corrected chi connectivity index (χ1v) is 6.88. The molecule has 1 heterocycles. The van der Waals surface area contributed by atoms with E-state index < -0.39 is 0 Å². The number of nitrogens with one attached hydrogen (secondary N) is 2. The summed E-state index contributed by atoms with van der Waals surface area (Å²) in [7, 11) is 0. The topological polar surface area (TPSA) is 40.7 Å². The van der Waals surface area contributed by atoms with Crippen LogP contribution in [0.3, 0.4) is 0 Å². The Morgan fingerprint density at radius 1 is 1.29 bits per heavy atom. The molecular formula is C13H16IN3. The number of benzene rings is 1. The van der Waals surface area contributed by atoms with Gasteiger partial charge in [-0.2, -0.15) is 5.10 Å². The molecule has 0 atom stereocenters. The fourth-order valence-corrected chi connectivity index (χ4v) is 1.98. The molecule has 90 valence electrons. The molecule has 0 amide bonds. The second kappa shape index (κ2) is 6.16. The van der Waals surface area contributed by atoms with Crippen molar-refractivity contribution in [3.63, 3.8) is 0 Å².